The lowest BCUT2D eigenvalue weighted by atomic mass is 9.93. The first-order valence-electron chi connectivity index (χ1n) is 9.94. The molecule has 0 bridgehead atoms. The molecule has 3 rings (SSSR count). The average molecular weight is 399 g/mol. The standard InChI is InChI=1S/C21H29N5O3/c1-21(2,28)18-9-4-14(12-23-18)17-13-24-19(22-10-11-27)20(26-17)25-15-5-7-16(29-3)8-6-15/h4,9,11-13,15-16,28H,5-8,10H2,1-3H3,(H,22,24)(H,25,26). The van der Waals surface area contributed by atoms with E-state index in [0.717, 1.165) is 37.5 Å². The largest absolute Gasteiger partial charge is 0.384 e. The molecule has 8 heteroatoms. The predicted molar refractivity (Wildman–Crippen MR) is 112 cm³/mol. The first-order valence-corrected chi connectivity index (χ1v) is 9.94. The molecule has 0 amide bonds. The van der Waals surface area contributed by atoms with Gasteiger partial charge in [0.15, 0.2) is 11.6 Å². The Morgan fingerprint density at radius 1 is 1.17 bits per heavy atom. The highest BCUT2D eigenvalue weighted by Gasteiger charge is 2.22. The summed E-state index contributed by atoms with van der Waals surface area (Å²) < 4.78 is 5.45. The fourth-order valence-electron chi connectivity index (χ4n) is 3.44. The number of nitrogens with one attached hydrogen (secondary N) is 2. The van der Waals surface area contributed by atoms with E-state index in [0.29, 0.717) is 29.1 Å². The number of methoxy groups -OCH3 is 1. The average Bonchev–Trinajstić information content (AvgIpc) is 2.73. The van der Waals surface area contributed by atoms with E-state index in [1.54, 1.807) is 39.4 Å². The fourth-order valence-corrected chi connectivity index (χ4v) is 3.44. The molecular weight excluding hydrogens is 370 g/mol. The number of aromatic nitrogens is 3. The third-order valence-electron chi connectivity index (χ3n) is 5.16. The lowest BCUT2D eigenvalue weighted by molar-refractivity contribution is -0.106. The summed E-state index contributed by atoms with van der Waals surface area (Å²) in [6.45, 7) is 3.56. The van der Waals surface area contributed by atoms with Crippen LogP contribution in [0.5, 0.6) is 0 Å². The zero-order valence-electron chi connectivity index (χ0n) is 17.2. The minimum Gasteiger partial charge on any atom is -0.384 e. The Labute approximate surface area is 171 Å². The number of nitrogens with zero attached hydrogens (tertiary/aromatic N) is 3. The zero-order valence-corrected chi connectivity index (χ0v) is 17.2. The van der Waals surface area contributed by atoms with Crippen molar-refractivity contribution in [3.05, 3.63) is 30.2 Å². The van der Waals surface area contributed by atoms with Gasteiger partial charge in [0, 0.05) is 24.9 Å². The Morgan fingerprint density at radius 3 is 2.52 bits per heavy atom. The fraction of sp³-hybridized carbons (Fsp3) is 0.524. The molecule has 156 valence electrons. The van der Waals surface area contributed by atoms with Crippen molar-refractivity contribution >= 4 is 17.9 Å². The van der Waals surface area contributed by atoms with Gasteiger partial charge in [-0.15, -0.1) is 0 Å². The molecule has 0 unspecified atom stereocenters. The molecule has 8 nitrogen and oxygen atoms in total. The molecule has 0 saturated heterocycles. The van der Waals surface area contributed by atoms with E-state index in [1.165, 1.54) is 0 Å². The third kappa shape index (κ3) is 5.48. The van der Waals surface area contributed by atoms with Gasteiger partial charge >= 0.3 is 0 Å². The highest BCUT2D eigenvalue weighted by atomic mass is 16.5. The number of aliphatic hydroxyl groups is 1. The third-order valence-corrected chi connectivity index (χ3v) is 5.16. The maximum atomic E-state index is 10.8. The number of aldehydes is 1. The Kier molecular flexibility index (Phi) is 6.76. The van der Waals surface area contributed by atoms with Gasteiger partial charge in [-0.1, -0.05) is 0 Å². The summed E-state index contributed by atoms with van der Waals surface area (Å²) >= 11 is 0. The number of rotatable bonds is 8. The Bertz CT molecular complexity index is 812. The van der Waals surface area contributed by atoms with E-state index >= 15 is 0 Å². The molecule has 1 fully saturated rings. The number of carbonyl (C=O) groups excluding carboxylic acids is 1. The van der Waals surface area contributed by atoms with Crippen molar-refractivity contribution in [1.82, 2.24) is 15.0 Å². The molecule has 29 heavy (non-hydrogen) atoms. The van der Waals surface area contributed by atoms with Gasteiger partial charge in [-0.3, -0.25) is 4.98 Å². The van der Waals surface area contributed by atoms with Crippen LogP contribution in [0.25, 0.3) is 11.3 Å². The minimum atomic E-state index is -0.999. The van der Waals surface area contributed by atoms with Gasteiger partial charge in [0.05, 0.1) is 30.2 Å². The van der Waals surface area contributed by atoms with Gasteiger partial charge in [-0.2, -0.15) is 0 Å². The monoisotopic (exact) mass is 399 g/mol. The second-order valence-electron chi connectivity index (χ2n) is 7.84. The summed E-state index contributed by atoms with van der Waals surface area (Å²) in [5.41, 5.74) is 1.07. The number of ether oxygens (including phenoxy) is 1. The maximum absolute atomic E-state index is 10.8. The first kappa shape index (κ1) is 21.1. The molecule has 1 aliphatic carbocycles. The molecule has 3 N–H and O–H groups in total. The van der Waals surface area contributed by atoms with Crippen molar-refractivity contribution in [3.8, 4) is 11.3 Å². The Hall–Kier alpha value is -2.58. The highest BCUT2D eigenvalue weighted by molar-refractivity contribution is 5.69. The number of carbonyl (C=O) groups is 1. The van der Waals surface area contributed by atoms with Gasteiger partial charge < -0.3 is 25.3 Å². The summed E-state index contributed by atoms with van der Waals surface area (Å²) in [6, 6.07) is 3.93. The lowest BCUT2D eigenvalue weighted by Gasteiger charge is -2.29. The molecule has 0 aliphatic heterocycles. The number of hydrogen-bond acceptors (Lipinski definition) is 8. The summed E-state index contributed by atoms with van der Waals surface area (Å²) in [6.07, 6.45) is 8.42. The van der Waals surface area contributed by atoms with Crippen LogP contribution in [-0.4, -0.2) is 52.1 Å². The van der Waals surface area contributed by atoms with Crippen molar-refractivity contribution in [1.29, 1.82) is 0 Å². The van der Waals surface area contributed by atoms with Gasteiger partial charge in [0.2, 0.25) is 0 Å². The molecule has 0 radical (unpaired) electrons. The zero-order chi connectivity index (χ0) is 20.9. The van der Waals surface area contributed by atoms with Crippen LogP contribution >= 0.6 is 0 Å². The van der Waals surface area contributed by atoms with Crippen LogP contribution in [-0.2, 0) is 15.1 Å². The maximum Gasteiger partial charge on any atom is 0.169 e. The molecular formula is C21H29N5O3. The number of pyridine rings is 1. The van der Waals surface area contributed by atoms with E-state index in [9.17, 15) is 9.90 Å². The van der Waals surface area contributed by atoms with Crippen LogP contribution < -0.4 is 10.6 Å². The van der Waals surface area contributed by atoms with E-state index in [2.05, 4.69) is 20.6 Å². The number of anilines is 2. The molecule has 0 aromatic carbocycles. The molecule has 0 spiro atoms. The molecule has 2 aromatic rings. The van der Waals surface area contributed by atoms with Gasteiger partial charge in [-0.25, -0.2) is 9.97 Å². The van der Waals surface area contributed by atoms with Gasteiger partial charge in [0.25, 0.3) is 0 Å². The van der Waals surface area contributed by atoms with E-state index in [-0.39, 0.29) is 12.6 Å². The van der Waals surface area contributed by atoms with E-state index < -0.39 is 5.60 Å². The minimum absolute atomic E-state index is 0.168. The van der Waals surface area contributed by atoms with Crippen LogP contribution in [0.1, 0.15) is 45.2 Å². The quantitative estimate of drug-likeness (QED) is 0.582. The molecule has 0 atom stereocenters. The Morgan fingerprint density at radius 2 is 1.93 bits per heavy atom. The molecule has 1 aliphatic rings. The van der Waals surface area contributed by atoms with Crippen LogP contribution in [0.15, 0.2) is 24.5 Å². The topological polar surface area (TPSA) is 109 Å². The van der Waals surface area contributed by atoms with Crippen molar-refractivity contribution in [2.24, 2.45) is 0 Å². The van der Waals surface area contributed by atoms with Crippen molar-refractivity contribution in [2.45, 2.75) is 57.3 Å². The lowest BCUT2D eigenvalue weighted by Crippen LogP contribution is -2.30. The SMILES string of the molecule is COC1CCC(Nc2nc(-c3ccc(C(C)(C)O)nc3)cnc2NCC=O)CC1. The predicted octanol–water partition coefficient (Wildman–Crippen LogP) is 2.75. The van der Waals surface area contributed by atoms with Crippen LogP contribution in [0.2, 0.25) is 0 Å². The smallest absolute Gasteiger partial charge is 0.169 e. The summed E-state index contributed by atoms with van der Waals surface area (Å²) in [7, 11) is 1.76. The summed E-state index contributed by atoms with van der Waals surface area (Å²) in [5, 5.41) is 16.6. The normalized spacial score (nSPS) is 19.6. The second-order valence-corrected chi connectivity index (χ2v) is 7.84. The van der Waals surface area contributed by atoms with Crippen molar-refractivity contribution < 1.29 is 14.6 Å². The van der Waals surface area contributed by atoms with Gasteiger partial charge in [-0.05, 0) is 51.7 Å². The van der Waals surface area contributed by atoms with E-state index in [4.69, 9.17) is 9.72 Å². The molecule has 2 aromatic heterocycles. The number of hydrogen-bond donors (Lipinski definition) is 3. The van der Waals surface area contributed by atoms with E-state index in [1.807, 2.05) is 6.07 Å². The molecule has 1 saturated carbocycles. The summed E-state index contributed by atoms with van der Waals surface area (Å²) in [4.78, 5) is 24.3. The summed E-state index contributed by atoms with van der Waals surface area (Å²) in [5.74, 6) is 1.17. The van der Waals surface area contributed by atoms with Crippen LogP contribution in [0.3, 0.4) is 0 Å². The van der Waals surface area contributed by atoms with Crippen molar-refractivity contribution in [3.63, 3.8) is 0 Å². The van der Waals surface area contributed by atoms with Crippen LogP contribution in [0.4, 0.5) is 11.6 Å². The van der Waals surface area contributed by atoms with Crippen molar-refractivity contribution in [2.75, 3.05) is 24.3 Å². The Balaban J connectivity index is 1.82. The van der Waals surface area contributed by atoms with Crippen LogP contribution in [0, 0.1) is 0 Å². The first-order chi connectivity index (χ1) is 13.9. The molecule has 2 heterocycles. The van der Waals surface area contributed by atoms with Gasteiger partial charge in [0.1, 0.15) is 11.9 Å². The highest BCUT2D eigenvalue weighted by Crippen LogP contribution is 2.28. The second kappa shape index (κ2) is 9.28.